The van der Waals surface area contributed by atoms with Crippen molar-refractivity contribution in [2.45, 2.75) is 136 Å². The summed E-state index contributed by atoms with van der Waals surface area (Å²) in [6.07, 6.45) is -0.804. The van der Waals surface area contributed by atoms with Crippen molar-refractivity contribution in [2.24, 2.45) is 40.4 Å². The minimum absolute atomic E-state index is 0.0917. The van der Waals surface area contributed by atoms with Gasteiger partial charge in [-0.05, 0) is 73.5 Å². The van der Waals surface area contributed by atoms with E-state index in [2.05, 4.69) is 13.8 Å². The molecule has 2 heterocycles. The molecule has 6 fully saturated rings. The Morgan fingerprint density at radius 1 is 0.840 bits per heavy atom. The third kappa shape index (κ3) is 6.49. The summed E-state index contributed by atoms with van der Waals surface area (Å²) < 4.78 is 45.5. The number of fused-ring (bicyclic) bond motifs is 6. The van der Waals surface area contributed by atoms with Gasteiger partial charge in [0.05, 0.1) is 13.2 Å². The number of rotatable bonds is 8. The van der Waals surface area contributed by atoms with Crippen LogP contribution < -0.4 is 0 Å². The first-order chi connectivity index (χ1) is 23.5. The molecular formula is C36H50O14. The number of methoxy groups -OCH3 is 1. The molecule has 0 aromatic carbocycles. The van der Waals surface area contributed by atoms with E-state index in [-0.39, 0.29) is 59.3 Å². The van der Waals surface area contributed by atoms with Gasteiger partial charge in [0.25, 0.3) is 5.97 Å². The van der Waals surface area contributed by atoms with Crippen LogP contribution in [-0.4, -0.2) is 91.9 Å². The van der Waals surface area contributed by atoms with E-state index in [1.807, 2.05) is 0 Å². The molecule has 6 aliphatic rings. The lowest BCUT2D eigenvalue weighted by Gasteiger charge is -2.60. The Labute approximate surface area is 291 Å². The van der Waals surface area contributed by atoms with E-state index in [9.17, 15) is 28.8 Å². The molecule has 0 aromatic heterocycles. The first kappa shape index (κ1) is 36.8. The summed E-state index contributed by atoms with van der Waals surface area (Å²) >= 11 is 0. The van der Waals surface area contributed by atoms with Crippen LogP contribution in [0.5, 0.6) is 0 Å². The maximum atomic E-state index is 14.1. The van der Waals surface area contributed by atoms with Crippen LogP contribution >= 0.6 is 0 Å². The van der Waals surface area contributed by atoms with Gasteiger partial charge in [-0.1, -0.05) is 13.8 Å². The van der Waals surface area contributed by atoms with Crippen LogP contribution in [0.2, 0.25) is 0 Å². The second kappa shape index (κ2) is 13.6. The fourth-order valence-corrected chi connectivity index (χ4v) is 10.8. The summed E-state index contributed by atoms with van der Waals surface area (Å²) in [6, 6.07) is 0. The summed E-state index contributed by atoms with van der Waals surface area (Å²) in [7, 11) is 1.16. The van der Waals surface area contributed by atoms with Crippen LogP contribution in [0.3, 0.4) is 0 Å². The van der Waals surface area contributed by atoms with Gasteiger partial charge >= 0.3 is 23.9 Å². The van der Waals surface area contributed by atoms with E-state index in [1.165, 1.54) is 13.8 Å². The first-order valence-electron chi connectivity index (χ1n) is 17.8. The van der Waals surface area contributed by atoms with E-state index in [0.717, 1.165) is 39.7 Å². The van der Waals surface area contributed by atoms with Gasteiger partial charge < -0.3 is 33.2 Å². The Bertz CT molecular complexity index is 1410. The number of Topliss-reactive ketones (excluding diaryl/α,β-unsaturated/α-hetero) is 2. The average molecular weight is 707 g/mol. The third-order valence-electron chi connectivity index (χ3n) is 12.7. The molecule has 0 amide bonds. The molecule has 50 heavy (non-hydrogen) atoms. The standard InChI is InChI=1S/C36H50O14/c1-17(37)44-16-26(41)24-11-10-23-22-9-8-20-14-21(12-13-34(20,4)27(22)25(40)15-35(23,24)5)48-36(6)49-31-29(46-19(3)39)28(45-18(2)38)30(32(42)43-7)47-33(31)50-36/h20-24,27-31,33H,8-16H2,1-7H3/t20-,21-,22-,23+,24-,27+,28+,29+,30+,31-,33-,34-,35+,36-/m1/s1. The molecule has 2 aliphatic heterocycles. The van der Waals surface area contributed by atoms with Gasteiger partial charge in [0.15, 0.2) is 36.5 Å². The van der Waals surface area contributed by atoms with Crippen LogP contribution in [0.15, 0.2) is 0 Å². The average Bonchev–Trinajstić information content (AvgIpc) is 3.55. The lowest BCUT2D eigenvalue weighted by molar-refractivity contribution is -0.363. The van der Waals surface area contributed by atoms with E-state index in [4.69, 9.17) is 37.9 Å². The highest BCUT2D eigenvalue weighted by Gasteiger charge is 2.65. The van der Waals surface area contributed by atoms with Crippen molar-refractivity contribution in [1.29, 1.82) is 0 Å². The molecular weight excluding hydrogens is 656 g/mol. The van der Waals surface area contributed by atoms with Crippen LogP contribution in [0.1, 0.15) is 92.9 Å². The zero-order chi connectivity index (χ0) is 36.3. The SMILES string of the molecule is COC(=O)[C@H]1O[C@@H]2O[C@](C)(O[C@@H]3CC[C@]4(C)[C@H](CC[C@H]5[C@H]4C(=O)C[C@]4(C)[C@@H](C(=O)COC(C)=O)CC[C@@H]54)C3)O[C@@H]2[C@@H](OC(C)=O)[C@@H]1OC(C)=O. The largest absolute Gasteiger partial charge is 0.467 e. The van der Waals surface area contributed by atoms with E-state index >= 15 is 0 Å². The summed E-state index contributed by atoms with van der Waals surface area (Å²) in [5, 5.41) is 0. The maximum absolute atomic E-state index is 14.1. The van der Waals surface area contributed by atoms with Crippen molar-refractivity contribution < 1.29 is 66.7 Å². The lowest BCUT2D eigenvalue weighted by Crippen LogP contribution is -2.61. The molecule has 0 N–H and O–H groups in total. The van der Waals surface area contributed by atoms with E-state index < -0.39 is 66.0 Å². The van der Waals surface area contributed by atoms with Crippen molar-refractivity contribution in [2.75, 3.05) is 13.7 Å². The number of esters is 4. The Morgan fingerprint density at radius 2 is 1.54 bits per heavy atom. The van der Waals surface area contributed by atoms with E-state index in [1.54, 1.807) is 6.92 Å². The first-order valence-corrected chi connectivity index (χ1v) is 17.8. The molecule has 0 unspecified atom stereocenters. The van der Waals surface area contributed by atoms with Crippen LogP contribution in [0.4, 0.5) is 0 Å². The molecule has 0 spiro atoms. The highest BCUT2D eigenvalue weighted by Crippen LogP contribution is 2.66. The summed E-state index contributed by atoms with van der Waals surface area (Å²) in [6.45, 7) is 9.31. The second-order valence-electron chi connectivity index (χ2n) is 15.7. The van der Waals surface area contributed by atoms with Gasteiger partial charge in [-0.2, -0.15) is 0 Å². The minimum Gasteiger partial charge on any atom is -0.467 e. The fourth-order valence-electron chi connectivity index (χ4n) is 10.8. The number of carbonyl (C=O) groups excluding carboxylic acids is 6. The van der Waals surface area contributed by atoms with Gasteiger partial charge in [-0.3, -0.25) is 28.7 Å². The highest BCUT2D eigenvalue weighted by molar-refractivity contribution is 5.89. The van der Waals surface area contributed by atoms with Gasteiger partial charge in [-0.15, -0.1) is 0 Å². The molecule has 0 bridgehead atoms. The topological polar surface area (TPSA) is 176 Å². The fraction of sp³-hybridized carbons (Fsp3) is 0.833. The Kier molecular flexibility index (Phi) is 9.99. The van der Waals surface area contributed by atoms with Gasteiger partial charge in [0.1, 0.15) is 12.4 Å². The summed E-state index contributed by atoms with van der Waals surface area (Å²) in [5.74, 6) is -4.00. The van der Waals surface area contributed by atoms with Gasteiger partial charge in [0.2, 0.25) is 0 Å². The monoisotopic (exact) mass is 706 g/mol. The van der Waals surface area contributed by atoms with Crippen molar-refractivity contribution >= 4 is 35.4 Å². The minimum atomic E-state index is -1.64. The van der Waals surface area contributed by atoms with Crippen molar-refractivity contribution in [3.8, 4) is 0 Å². The van der Waals surface area contributed by atoms with Crippen LogP contribution in [0.25, 0.3) is 0 Å². The van der Waals surface area contributed by atoms with Crippen molar-refractivity contribution in [3.05, 3.63) is 0 Å². The Morgan fingerprint density at radius 3 is 2.20 bits per heavy atom. The van der Waals surface area contributed by atoms with Crippen LogP contribution in [0, 0.1) is 40.4 Å². The third-order valence-corrected chi connectivity index (χ3v) is 12.7. The molecule has 4 saturated carbocycles. The lowest BCUT2D eigenvalue weighted by atomic mass is 9.44. The number of hydrogen-bond donors (Lipinski definition) is 0. The molecule has 6 rings (SSSR count). The number of carbonyl (C=O) groups is 6. The zero-order valence-corrected chi connectivity index (χ0v) is 29.9. The van der Waals surface area contributed by atoms with Crippen LogP contribution in [-0.2, 0) is 66.7 Å². The smallest absolute Gasteiger partial charge is 0.339 e. The summed E-state index contributed by atoms with van der Waals surface area (Å²) in [4.78, 5) is 75.4. The molecule has 14 nitrogen and oxygen atoms in total. The molecule has 4 aliphatic carbocycles. The second-order valence-corrected chi connectivity index (χ2v) is 15.7. The predicted octanol–water partition coefficient (Wildman–Crippen LogP) is 3.19. The number of hydrogen-bond acceptors (Lipinski definition) is 14. The predicted molar refractivity (Wildman–Crippen MR) is 168 cm³/mol. The molecule has 0 aromatic rings. The van der Waals surface area contributed by atoms with Gasteiger partial charge in [0, 0.05) is 46.0 Å². The Balaban J connectivity index is 1.14. The number of ether oxygens (including phenoxy) is 8. The molecule has 2 saturated heterocycles. The molecule has 0 radical (unpaired) electrons. The number of ketones is 2. The maximum Gasteiger partial charge on any atom is 0.339 e. The normalized spacial score (nSPS) is 44.9. The Hall–Kier alpha value is -2.94. The highest BCUT2D eigenvalue weighted by atomic mass is 16.9. The van der Waals surface area contributed by atoms with Crippen molar-refractivity contribution in [3.63, 3.8) is 0 Å². The molecule has 278 valence electrons. The zero-order valence-electron chi connectivity index (χ0n) is 29.9. The quantitative estimate of drug-likeness (QED) is 0.266. The molecule has 14 atom stereocenters. The van der Waals surface area contributed by atoms with E-state index in [0.29, 0.717) is 25.7 Å². The summed E-state index contributed by atoms with van der Waals surface area (Å²) in [5.41, 5.74) is -0.670. The van der Waals surface area contributed by atoms with Crippen molar-refractivity contribution in [1.82, 2.24) is 0 Å². The van der Waals surface area contributed by atoms with Gasteiger partial charge in [-0.25, -0.2) is 4.79 Å². The molecule has 14 heteroatoms.